The van der Waals surface area contributed by atoms with E-state index < -0.39 is 0 Å². The lowest BCUT2D eigenvalue weighted by atomic mass is 10.1. The SMILES string of the molecule is Cl.O=C(c1ccccc1)N1CCN(C(=O)C2CCNC2)CC1. The largest absolute Gasteiger partial charge is 0.339 e. The van der Waals surface area contributed by atoms with Gasteiger partial charge in [0.1, 0.15) is 0 Å². The Bertz CT molecular complexity index is 509. The maximum Gasteiger partial charge on any atom is 0.253 e. The predicted octanol–water partition coefficient (Wildman–Crippen LogP) is 1.00. The summed E-state index contributed by atoms with van der Waals surface area (Å²) in [4.78, 5) is 28.4. The molecule has 1 atom stereocenters. The summed E-state index contributed by atoms with van der Waals surface area (Å²) in [6.07, 6.45) is 0.933. The van der Waals surface area contributed by atoms with Crippen LogP contribution in [0.2, 0.25) is 0 Å². The Hall–Kier alpha value is -1.59. The smallest absolute Gasteiger partial charge is 0.253 e. The second-order valence-electron chi connectivity index (χ2n) is 5.67. The molecule has 1 unspecified atom stereocenters. The first-order valence-electron chi connectivity index (χ1n) is 7.59. The van der Waals surface area contributed by atoms with E-state index in [1.807, 2.05) is 40.1 Å². The molecule has 2 saturated heterocycles. The number of hydrogen-bond donors (Lipinski definition) is 1. The summed E-state index contributed by atoms with van der Waals surface area (Å²) in [6, 6.07) is 9.33. The molecule has 22 heavy (non-hydrogen) atoms. The number of halogens is 1. The summed E-state index contributed by atoms with van der Waals surface area (Å²) >= 11 is 0. The van der Waals surface area contributed by atoms with Gasteiger partial charge in [0.25, 0.3) is 5.91 Å². The molecule has 0 radical (unpaired) electrons. The van der Waals surface area contributed by atoms with Crippen molar-refractivity contribution in [1.82, 2.24) is 15.1 Å². The Morgan fingerprint density at radius 2 is 1.64 bits per heavy atom. The van der Waals surface area contributed by atoms with E-state index in [0.29, 0.717) is 26.2 Å². The fraction of sp³-hybridized carbons (Fsp3) is 0.500. The highest BCUT2D eigenvalue weighted by atomic mass is 35.5. The highest BCUT2D eigenvalue weighted by molar-refractivity contribution is 5.94. The summed E-state index contributed by atoms with van der Waals surface area (Å²) in [5, 5.41) is 3.23. The number of hydrogen-bond acceptors (Lipinski definition) is 3. The molecule has 0 aliphatic carbocycles. The van der Waals surface area contributed by atoms with Gasteiger partial charge in [0, 0.05) is 38.3 Å². The van der Waals surface area contributed by atoms with Gasteiger partial charge in [-0.15, -0.1) is 12.4 Å². The lowest BCUT2D eigenvalue weighted by Gasteiger charge is -2.36. The monoisotopic (exact) mass is 323 g/mol. The number of rotatable bonds is 2. The average Bonchev–Trinajstić information content (AvgIpc) is 3.09. The van der Waals surface area contributed by atoms with Gasteiger partial charge in [-0.3, -0.25) is 9.59 Å². The minimum Gasteiger partial charge on any atom is -0.339 e. The molecule has 2 amide bonds. The Balaban J connectivity index is 0.00000176. The first kappa shape index (κ1) is 16.8. The van der Waals surface area contributed by atoms with E-state index in [0.717, 1.165) is 25.1 Å². The van der Waals surface area contributed by atoms with Gasteiger partial charge < -0.3 is 15.1 Å². The van der Waals surface area contributed by atoms with Crippen LogP contribution in [0.3, 0.4) is 0 Å². The summed E-state index contributed by atoms with van der Waals surface area (Å²) in [5.74, 6) is 0.429. The van der Waals surface area contributed by atoms with Gasteiger partial charge in [0.05, 0.1) is 5.92 Å². The Labute approximate surface area is 137 Å². The van der Waals surface area contributed by atoms with E-state index in [4.69, 9.17) is 0 Å². The molecule has 1 aromatic carbocycles. The minimum atomic E-state index is 0. The van der Waals surface area contributed by atoms with Crippen molar-refractivity contribution in [3.63, 3.8) is 0 Å². The van der Waals surface area contributed by atoms with Crippen molar-refractivity contribution in [1.29, 1.82) is 0 Å². The van der Waals surface area contributed by atoms with Crippen LogP contribution in [-0.4, -0.2) is 60.9 Å². The summed E-state index contributed by atoms with van der Waals surface area (Å²) in [6.45, 7) is 4.27. The molecule has 0 saturated carbocycles. The fourth-order valence-corrected chi connectivity index (χ4v) is 3.02. The number of amides is 2. The van der Waals surface area contributed by atoms with Crippen LogP contribution in [0, 0.1) is 5.92 Å². The topological polar surface area (TPSA) is 52.7 Å². The van der Waals surface area contributed by atoms with Gasteiger partial charge in [-0.2, -0.15) is 0 Å². The van der Waals surface area contributed by atoms with Crippen LogP contribution < -0.4 is 5.32 Å². The maximum absolute atomic E-state index is 12.3. The van der Waals surface area contributed by atoms with E-state index in [-0.39, 0.29) is 30.1 Å². The number of piperazine rings is 1. The zero-order valence-corrected chi connectivity index (χ0v) is 13.3. The van der Waals surface area contributed by atoms with Crippen LogP contribution >= 0.6 is 12.4 Å². The van der Waals surface area contributed by atoms with Crippen molar-refractivity contribution in [2.45, 2.75) is 6.42 Å². The van der Waals surface area contributed by atoms with Crippen LogP contribution in [-0.2, 0) is 4.79 Å². The molecule has 2 fully saturated rings. The van der Waals surface area contributed by atoms with E-state index in [1.165, 1.54) is 0 Å². The predicted molar refractivity (Wildman–Crippen MR) is 87.2 cm³/mol. The van der Waals surface area contributed by atoms with E-state index in [2.05, 4.69) is 5.32 Å². The van der Waals surface area contributed by atoms with Crippen molar-refractivity contribution < 1.29 is 9.59 Å². The Morgan fingerprint density at radius 1 is 1.00 bits per heavy atom. The Morgan fingerprint density at radius 3 is 2.23 bits per heavy atom. The normalized spacial score (nSPS) is 21.4. The van der Waals surface area contributed by atoms with Crippen LogP contribution in [0.25, 0.3) is 0 Å². The lowest BCUT2D eigenvalue weighted by molar-refractivity contribution is -0.136. The molecule has 3 rings (SSSR count). The first-order valence-corrected chi connectivity index (χ1v) is 7.59. The van der Waals surface area contributed by atoms with Gasteiger partial charge in [0.15, 0.2) is 0 Å². The van der Waals surface area contributed by atoms with Gasteiger partial charge in [0.2, 0.25) is 5.91 Å². The first-order chi connectivity index (χ1) is 10.3. The molecule has 2 heterocycles. The van der Waals surface area contributed by atoms with Crippen molar-refractivity contribution >= 4 is 24.2 Å². The molecule has 0 bridgehead atoms. The fourth-order valence-electron chi connectivity index (χ4n) is 3.02. The standard InChI is InChI=1S/C16H21N3O2.ClH/c20-15(13-4-2-1-3-5-13)18-8-10-19(11-9-18)16(21)14-6-7-17-12-14;/h1-5,14,17H,6-12H2;1H. The van der Waals surface area contributed by atoms with Crippen LogP contribution in [0.4, 0.5) is 0 Å². The Kier molecular flexibility index (Phi) is 5.80. The van der Waals surface area contributed by atoms with Crippen molar-refractivity contribution in [3.8, 4) is 0 Å². The third-order valence-corrected chi connectivity index (χ3v) is 4.31. The van der Waals surface area contributed by atoms with Gasteiger partial charge in [-0.05, 0) is 25.1 Å². The second kappa shape index (κ2) is 7.61. The molecule has 0 spiro atoms. The number of nitrogens with zero attached hydrogens (tertiary/aromatic N) is 2. The highest BCUT2D eigenvalue weighted by Crippen LogP contribution is 2.15. The zero-order valence-electron chi connectivity index (χ0n) is 12.5. The van der Waals surface area contributed by atoms with Crippen LogP contribution in [0.1, 0.15) is 16.8 Å². The molecule has 0 aromatic heterocycles. The third-order valence-electron chi connectivity index (χ3n) is 4.31. The van der Waals surface area contributed by atoms with E-state index in [1.54, 1.807) is 0 Å². The van der Waals surface area contributed by atoms with Crippen molar-refractivity contribution in [2.75, 3.05) is 39.3 Å². The molecule has 6 heteroatoms. The number of benzene rings is 1. The lowest BCUT2D eigenvalue weighted by Crippen LogP contribution is -2.52. The molecular formula is C16H22ClN3O2. The number of carbonyl (C=O) groups excluding carboxylic acids is 2. The summed E-state index contributed by atoms with van der Waals surface area (Å²) in [5.41, 5.74) is 0.720. The van der Waals surface area contributed by atoms with Gasteiger partial charge in [-0.1, -0.05) is 18.2 Å². The van der Waals surface area contributed by atoms with E-state index >= 15 is 0 Å². The molecule has 1 aromatic rings. The van der Waals surface area contributed by atoms with Gasteiger partial charge >= 0.3 is 0 Å². The number of nitrogens with one attached hydrogen (secondary N) is 1. The summed E-state index contributed by atoms with van der Waals surface area (Å²) in [7, 11) is 0. The molecule has 2 aliphatic heterocycles. The molecule has 5 nitrogen and oxygen atoms in total. The second-order valence-corrected chi connectivity index (χ2v) is 5.67. The quantitative estimate of drug-likeness (QED) is 0.883. The van der Waals surface area contributed by atoms with Crippen LogP contribution in [0.5, 0.6) is 0 Å². The molecule has 120 valence electrons. The number of carbonyl (C=O) groups is 2. The minimum absolute atomic E-state index is 0. The third kappa shape index (κ3) is 3.59. The van der Waals surface area contributed by atoms with E-state index in [9.17, 15) is 9.59 Å². The zero-order chi connectivity index (χ0) is 14.7. The van der Waals surface area contributed by atoms with Crippen LogP contribution in [0.15, 0.2) is 30.3 Å². The highest BCUT2D eigenvalue weighted by Gasteiger charge is 2.30. The van der Waals surface area contributed by atoms with Crippen molar-refractivity contribution in [3.05, 3.63) is 35.9 Å². The van der Waals surface area contributed by atoms with Crippen molar-refractivity contribution in [2.24, 2.45) is 5.92 Å². The molecule has 2 aliphatic rings. The molecular weight excluding hydrogens is 302 g/mol. The van der Waals surface area contributed by atoms with Gasteiger partial charge in [-0.25, -0.2) is 0 Å². The maximum atomic E-state index is 12.3. The summed E-state index contributed by atoms with van der Waals surface area (Å²) < 4.78 is 0. The molecule has 1 N–H and O–H groups in total. The average molecular weight is 324 g/mol.